The highest BCUT2D eigenvalue weighted by Gasteiger charge is 2.35. The number of nitrogens with two attached hydrogens (primary N) is 1. The van der Waals surface area contributed by atoms with Gasteiger partial charge in [-0.05, 0) is 11.5 Å². The lowest BCUT2D eigenvalue weighted by atomic mass is 10.2. The Hall–Kier alpha value is -0.960. The monoisotopic (exact) mass is 233 g/mol. The molecule has 0 spiro atoms. The maximum absolute atomic E-state index is 11.3. The second-order valence-electron chi connectivity index (χ2n) is 3.26. The van der Waals surface area contributed by atoms with Gasteiger partial charge in [-0.3, -0.25) is 0 Å². The largest absolute Gasteiger partial charge is 0.394 e. The third-order valence-electron chi connectivity index (χ3n) is 2.23. The van der Waals surface area contributed by atoms with E-state index in [1.54, 1.807) is 0 Å². The Labute approximate surface area is 88.9 Å². The van der Waals surface area contributed by atoms with Crippen molar-refractivity contribution < 1.29 is 14.9 Å². The Morgan fingerprint density at radius 1 is 1.73 bits per heavy atom. The third kappa shape index (κ3) is 1.88. The highest BCUT2D eigenvalue weighted by molar-refractivity contribution is 7.10. The number of nitrogen functional groups attached to an aromatic ring is 1. The Bertz CT molecular complexity index is 403. The molecule has 0 aromatic carbocycles. The van der Waals surface area contributed by atoms with Crippen LogP contribution in [0.3, 0.4) is 0 Å². The van der Waals surface area contributed by atoms with Gasteiger partial charge in [0.2, 0.25) is 5.13 Å². The average Bonchev–Trinajstić information content (AvgIpc) is 2.69. The molecule has 0 unspecified atom stereocenters. The average molecular weight is 233 g/mol. The van der Waals surface area contributed by atoms with Gasteiger partial charge in [-0.2, -0.15) is 4.98 Å². The van der Waals surface area contributed by atoms with Crippen LogP contribution in [0.2, 0.25) is 0 Å². The maximum atomic E-state index is 11.3. The summed E-state index contributed by atoms with van der Waals surface area (Å²) in [6.07, 6.45) is -1.74. The fraction of sp³-hybridized carbons (Fsp3) is 0.714. The van der Waals surface area contributed by atoms with E-state index in [9.17, 15) is 9.90 Å². The van der Waals surface area contributed by atoms with Gasteiger partial charge >= 0.3 is 5.69 Å². The van der Waals surface area contributed by atoms with Crippen LogP contribution in [0.15, 0.2) is 4.79 Å². The van der Waals surface area contributed by atoms with Crippen molar-refractivity contribution in [1.29, 1.82) is 0 Å². The van der Waals surface area contributed by atoms with E-state index in [1.807, 2.05) is 0 Å². The molecule has 1 aliphatic rings. The van der Waals surface area contributed by atoms with E-state index in [0.717, 1.165) is 11.5 Å². The zero-order valence-electron chi connectivity index (χ0n) is 7.74. The summed E-state index contributed by atoms with van der Waals surface area (Å²) in [5, 5.41) is 18.5. The Morgan fingerprint density at radius 2 is 2.47 bits per heavy atom. The lowest BCUT2D eigenvalue weighted by molar-refractivity contribution is -0.0420. The van der Waals surface area contributed by atoms with Crippen LogP contribution in [-0.4, -0.2) is 38.0 Å². The van der Waals surface area contributed by atoms with Crippen LogP contribution in [0.1, 0.15) is 12.6 Å². The van der Waals surface area contributed by atoms with Gasteiger partial charge in [0.25, 0.3) is 0 Å². The second-order valence-corrected chi connectivity index (χ2v) is 4.26. The van der Waals surface area contributed by atoms with Crippen LogP contribution in [0.5, 0.6) is 0 Å². The summed E-state index contributed by atoms with van der Waals surface area (Å²) < 4.78 is 6.54. The van der Waals surface area contributed by atoms with Crippen molar-refractivity contribution in [1.82, 2.24) is 8.94 Å². The van der Waals surface area contributed by atoms with Crippen molar-refractivity contribution in [3.63, 3.8) is 0 Å². The molecule has 0 radical (unpaired) electrons. The van der Waals surface area contributed by atoms with Gasteiger partial charge in [0.1, 0.15) is 6.10 Å². The van der Waals surface area contributed by atoms with Crippen LogP contribution in [-0.2, 0) is 4.74 Å². The van der Waals surface area contributed by atoms with Crippen LogP contribution < -0.4 is 11.4 Å². The predicted octanol–water partition coefficient (Wildman–Crippen LogP) is -1.47. The van der Waals surface area contributed by atoms with Crippen molar-refractivity contribution in [3.8, 4) is 0 Å². The van der Waals surface area contributed by atoms with E-state index in [-0.39, 0.29) is 18.2 Å². The van der Waals surface area contributed by atoms with Crippen LogP contribution in [0.4, 0.5) is 5.13 Å². The molecule has 4 N–H and O–H groups in total. The molecule has 15 heavy (non-hydrogen) atoms. The first kappa shape index (κ1) is 10.6. The number of hydrogen-bond donors (Lipinski definition) is 3. The first-order valence-corrected chi connectivity index (χ1v) is 5.19. The van der Waals surface area contributed by atoms with Crippen LogP contribution in [0.25, 0.3) is 0 Å². The van der Waals surface area contributed by atoms with E-state index >= 15 is 0 Å². The Morgan fingerprint density at radius 3 is 2.93 bits per heavy atom. The Kier molecular flexibility index (Phi) is 2.74. The highest BCUT2D eigenvalue weighted by Crippen LogP contribution is 2.29. The minimum absolute atomic E-state index is 0.158. The minimum atomic E-state index is -0.768. The van der Waals surface area contributed by atoms with E-state index < -0.39 is 24.1 Å². The summed E-state index contributed by atoms with van der Waals surface area (Å²) >= 11 is 0.979. The smallest absolute Gasteiger partial charge is 0.362 e. The molecular formula is C7H11N3O4S. The molecule has 3 atom stereocenters. The summed E-state index contributed by atoms with van der Waals surface area (Å²) in [7, 11) is 0. The number of nitrogens with zero attached hydrogens (tertiary/aromatic N) is 2. The molecule has 0 amide bonds. The van der Waals surface area contributed by atoms with Gasteiger partial charge in [-0.25, -0.2) is 8.75 Å². The van der Waals surface area contributed by atoms with Crippen molar-refractivity contribution >= 4 is 16.7 Å². The standard InChI is InChI=1S/C7H11N3O4S/c8-6-9-7(13)10(15-6)5-1-3(12)4(2-11)14-5/h3-5,11-12H,1-2H2,(H2,8,9,13)/t3-,4+,5+/m0/s1. The molecule has 7 nitrogen and oxygen atoms in total. The van der Waals surface area contributed by atoms with Gasteiger partial charge < -0.3 is 20.7 Å². The predicted molar refractivity (Wildman–Crippen MR) is 52.4 cm³/mol. The summed E-state index contributed by atoms with van der Waals surface area (Å²) in [6.45, 7) is -0.277. The fourth-order valence-electron chi connectivity index (χ4n) is 1.51. The van der Waals surface area contributed by atoms with Gasteiger partial charge in [-0.1, -0.05) is 0 Å². The molecule has 2 rings (SSSR count). The first-order valence-electron chi connectivity index (χ1n) is 4.41. The molecule has 0 bridgehead atoms. The normalized spacial score (nSPS) is 30.9. The van der Waals surface area contributed by atoms with Gasteiger partial charge in [0, 0.05) is 6.42 Å². The number of ether oxygens (including phenoxy) is 1. The summed E-state index contributed by atoms with van der Waals surface area (Å²) in [4.78, 5) is 14.8. The molecule has 1 fully saturated rings. The number of hydrogen-bond acceptors (Lipinski definition) is 7. The molecule has 1 saturated heterocycles. The van der Waals surface area contributed by atoms with Crippen LogP contribution >= 0.6 is 11.5 Å². The van der Waals surface area contributed by atoms with E-state index in [1.165, 1.54) is 3.96 Å². The number of aromatic nitrogens is 2. The summed E-state index contributed by atoms with van der Waals surface area (Å²) in [6, 6.07) is 0. The van der Waals surface area contributed by atoms with Crippen molar-refractivity contribution in [2.45, 2.75) is 24.9 Å². The molecule has 0 aliphatic carbocycles. The maximum Gasteiger partial charge on any atom is 0.362 e. The number of anilines is 1. The van der Waals surface area contributed by atoms with Crippen molar-refractivity contribution in [3.05, 3.63) is 10.5 Å². The molecule has 0 saturated carbocycles. The highest BCUT2D eigenvalue weighted by atomic mass is 32.1. The summed E-state index contributed by atoms with van der Waals surface area (Å²) in [5.74, 6) is 0. The quantitative estimate of drug-likeness (QED) is 0.575. The summed E-state index contributed by atoms with van der Waals surface area (Å²) in [5.41, 5.74) is 4.88. The number of rotatable bonds is 2. The lowest BCUT2D eigenvalue weighted by Crippen LogP contribution is -2.24. The van der Waals surface area contributed by atoms with E-state index in [2.05, 4.69) is 4.98 Å². The molecule has 1 aromatic heterocycles. The van der Waals surface area contributed by atoms with Gasteiger partial charge in [0.15, 0.2) is 6.23 Å². The first-order chi connectivity index (χ1) is 7.11. The minimum Gasteiger partial charge on any atom is -0.394 e. The molecule has 8 heteroatoms. The van der Waals surface area contributed by atoms with E-state index in [4.69, 9.17) is 15.6 Å². The molecular weight excluding hydrogens is 222 g/mol. The van der Waals surface area contributed by atoms with Crippen molar-refractivity contribution in [2.75, 3.05) is 12.3 Å². The fourth-order valence-corrected chi connectivity index (χ4v) is 2.20. The zero-order valence-corrected chi connectivity index (χ0v) is 8.55. The van der Waals surface area contributed by atoms with E-state index in [0.29, 0.717) is 0 Å². The third-order valence-corrected chi connectivity index (χ3v) is 3.10. The Balaban J connectivity index is 2.20. The molecule has 1 aliphatic heterocycles. The topological polar surface area (TPSA) is 111 Å². The number of aliphatic hydroxyl groups excluding tert-OH is 2. The van der Waals surface area contributed by atoms with Crippen molar-refractivity contribution in [2.24, 2.45) is 0 Å². The molecule has 2 heterocycles. The number of aliphatic hydroxyl groups is 2. The molecule has 84 valence electrons. The zero-order chi connectivity index (χ0) is 11.0. The van der Waals surface area contributed by atoms with Gasteiger partial charge in [0.05, 0.1) is 12.7 Å². The van der Waals surface area contributed by atoms with Crippen LogP contribution in [0, 0.1) is 0 Å². The van der Waals surface area contributed by atoms with Gasteiger partial charge in [-0.15, -0.1) is 0 Å². The second kappa shape index (κ2) is 3.89. The SMILES string of the molecule is Nc1nc(=O)n([C@H]2C[C@H](O)[C@@H](CO)O2)s1. The molecule has 1 aromatic rings. The lowest BCUT2D eigenvalue weighted by Gasteiger charge is -2.10.